The molecule has 2 N–H and O–H groups in total. The van der Waals surface area contributed by atoms with Crippen LogP contribution in [0.2, 0.25) is 5.02 Å². The Morgan fingerprint density at radius 2 is 1.77 bits per heavy atom. The van der Waals surface area contributed by atoms with Gasteiger partial charge >= 0.3 is 0 Å². The maximum atomic E-state index is 13.8. The van der Waals surface area contributed by atoms with E-state index in [0.29, 0.717) is 29.5 Å². The minimum absolute atomic E-state index is 0.0820. The molecule has 5 rings (SSSR count). The van der Waals surface area contributed by atoms with E-state index in [-0.39, 0.29) is 17.7 Å². The van der Waals surface area contributed by atoms with Crippen LogP contribution in [-0.4, -0.2) is 19.5 Å². The zero-order valence-corrected chi connectivity index (χ0v) is 21.9. The lowest BCUT2D eigenvalue weighted by atomic mass is 9.78. The fraction of sp³-hybridized carbons (Fsp3) is 0.250. The standard InChI is InChI=1S/C28H26BrClN2O3/c1-3-35-25-15-18(12-20(29)28(25)34-2)27-26-23(31-21-6-4-5-7-22(21)32-27)13-17(14-24(26)33)16-8-10-19(30)11-9-16/h4-12,15,17,27,31-32H,3,13-14H2,1-2H3. The summed E-state index contributed by atoms with van der Waals surface area (Å²) in [6, 6.07) is 19.4. The summed E-state index contributed by atoms with van der Waals surface area (Å²) in [5.41, 5.74) is 5.62. The van der Waals surface area contributed by atoms with Gasteiger partial charge in [0.25, 0.3) is 0 Å². The summed E-state index contributed by atoms with van der Waals surface area (Å²) in [4.78, 5) is 13.8. The Morgan fingerprint density at radius 1 is 1.03 bits per heavy atom. The third-order valence-electron chi connectivity index (χ3n) is 6.52. The number of hydrogen-bond acceptors (Lipinski definition) is 5. The van der Waals surface area contributed by atoms with Gasteiger partial charge in [0.15, 0.2) is 17.3 Å². The van der Waals surface area contributed by atoms with Crippen molar-refractivity contribution in [2.45, 2.75) is 31.7 Å². The van der Waals surface area contributed by atoms with Gasteiger partial charge in [0, 0.05) is 22.7 Å². The molecule has 2 atom stereocenters. The van der Waals surface area contributed by atoms with Gasteiger partial charge in [0.1, 0.15) is 0 Å². The van der Waals surface area contributed by atoms with Crippen LogP contribution in [-0.2, 0) is 4.79 Å². The molecule has 2 unspecified atom stereocenters. The molecule has 180 valence electrons. The summed E-state index contributed by atoms with van der Waals surface area (Å²) in [5, 5.41) is 7.90. The Kier molecular flexibility index (Phi) is 6.76. The lowest BCUT2D eigenvalue weighted by Gasteiger charge is -2.30. The Morgan fingerprint density at radius 3 is 2.49 bits per heavy atom. The molecule has 0 saturated heterocycles. The Hall–Kier alpha value is -2.96. The molecule has 0 aromatic heterocycles. The van der Waals surface area contributed by atoms with Crippen LogP contribution in [0.25, 0.3) is 0 Å². The Bertz CT molecular complexity index is 1310. The second-order valence-corrected chi connectivity index (χ2v) is 9.98. The van der Waals surface area contributed by atoms with Crippen LogP contribution in [0.3, 0.4) is 0 Å². The van der Waals surface area contributed by atoms with Crippen molar-refractivity contribution in [2.24, 2.45) is 0 Å². The van der Waals surface area contributed by atoms with Crippen molar-refractivity contribution in [3.8, 4) is 11.5 Å². The number of ketones is 1. The zero-order chi connectivity index (χ0) is 24.5. The quantitative estimate of drug-likeness (QED) is 0.343. The molecular formula is C28H26BrClN2O3. The molecule has 1 heterocycles. The summed E-state index contributed by atoms with van der Waals surface area (Å²) >= 11 is 9.74. The van der Waals surface area contributed by atoms with Crippen LogP contribution < -0.4 is 20.1 Å². The van der Waals surface area contributed by atoms with Crippen molar-refractivity contribution in [3.63, 3.8) is 0 Å². The van der Waals surface area contributed by atoms with Crippen molar-refractivity contribution in [1.82, 2.24) is 0 Å². The molecule has 1 aliphatic carbocycles. The molecule has 35 heavy (non-hydrogen) atoms. The molecule has 1 aliphatic heterocycles. The number of allylic oxidation sites excluding steroid dienone is 1. The number of hydrogen-bond donors (Lipinski definition) is 2. The number of methoxy groups -OCH3 is 1. The molecule has 7 heteroatoms. The van der Waals surface area contributed by atoms with Gasteiger partial charge in [-0.1, -0.05) is 35.9 Å². The second kappa shape index (κ2) is 9.96. The minimum Gasteiger partial charge on any atom is -0.492 e. The van der Waals surface area contributed by atoms with Crippen LogP contribution in [0.15, 0.2) is 76.4 Å². The number of benzene rings is 3. The van der Waals surface area contributed by atoms with E-state index in [1.165, 1.54) is 0 Å². The average Bonchev–Trinajstić information content (AvgIpc) is 3.01. The number of fused-ring (bicyclic) bond motifs is 1. The Labute approximate surface area is 218 Å². The highest BCUT2D eigenvalue weighted by atomic mass is 79.9. The number of carbonyl (C=O) groups excluding carboxylic acids is 1. The van der Waals surface area contributed by atoms with Gasteiger partial charge in [-0.25, -0.2) is 0 Å². The second-order valence-electron chi connectivity index (χ2n) is 8.69. The van der Waals surface area contributed by atoms with E-state index in [2.05, 4.69) is 26.6 Å². The van der Waals surface area contributed by atoms with Gasteiger partial charge in [-0.3, -0.25) is 4.79 Å². The van der Waals surface area contributed by atoms with Crippen LogP contribution in [0.5, 0.6) is 11.5 Å². The molecule has 2 aliphatic rings. The van der Waals surface area contributed by atoms with Crippen molar-refractivity contribution in [2.75, 3.05) is 24.4 Å². The zero-order valence-electron chi connectivity index (χ0n) is 19.5. The van der Waals surface area contributed by atoms with Gasteiger partial charge in [0.05, 0.1) is 35.6 Å². The first-order valence-electron chi connectivity index (χ1n) is 11.6. The number of carbonyl (C=O) groups is 1. The van der Waals surface area contributed by atoms with Crippen LogP contribution >= 0.6 is 27.5 Å². The van der Waals surface area contributed by atoms with Gasteiger partial charge < -0.3 is 20.1 Å². The maximum absolute atomic E-state index is 13.8. The molecule has 0 amide bonds. The highest BCUT2D eigenvalue weighted by Gasteiger charge is 2.36. The summed E-state index contributed by atoms with van der Waals surface area (Å²) in [6.07, 6.45) is 1.16. The normalized spacial score (nSPS) is 19.1. The lowest BCUT2D eigenvalue weighted by Crippen LogP contribution is -2.27. The monoisotopic (exact) mass is 552 g/mol. The molecule has 0 radical (unpaired) electrons. The van der Waals surface area contributed by atoms with E-state index in [1.807, 2.05) is 67.6 Å². The van der Waals surface area contributed by atoms with E-state index < -0.39 is 0 Å². The van der Waals surface area contributed by atoms with Gasteiger partial charge in [-0.15, -0.1) is 0 Å². The van der Waals surface area contributed by atoms with Crippen molar-refractivity contribution >= 4 is 44.7 Å². The number of anilines is 2. The predicted octanol–water partition coefficient (Wildman–Crippen LogP) is 7.49. The topological polar surface area (TPSA) is 59.6 Å². The molecule has 3 aromatic carbocycles. The van der Waals surface area contributed by atoms with Crippen molar-refractivity contribution < 1.29 is 14.3 Å². The molecule has 0 spiro atoms. The average molecular weight is 554 g/mol. The Balaban J connectivity index is 1.63. The third kappa shape index (κ3) is 4.65. The first kappa shape index (κ1) is 23.8. The number of halogens is 2. The molecule has 0 bridgehead atoms. The first-order chi connectivity index (χ1) is 17.0. The summed E-state index contributed by atoms with van der Waals surface area (Å²) < 4.78 is 12.2. The summed E-state index contributed by atoms with van der Waals surface area (Å²) in [5.74, 6) is 1.47. The highest BCUT2D eigenvalue weighted by Crippen LogP contribution is 2.46. The number of nitrogens with one attached hydrogen (secondary N) is 2. The SMILES string of the molecule is CCOc1cc(C2Nc3ccccc3NC3=C2C(=O)CC(c2ccc(Cl)cc2)C3)cc(Br)c1OC. The molecule has 5 nitrogen and oxygen atoms in total. The lowest BCUT2D eigenvalue weighted by molar-refractivity contribution is -0.116. The van der Waals surface area contributed by atoms with Crippen molar-refractivity contribution in [1.29, 1.82) is 0 Å². The third-order valence-corrected chi connectivity index (χ3v) is 7.36. The smallest absolute Gasteiger partial charge is 0.174 e. The molecule has 3 aromatic rings. The van der Waals surface area contributed by atoms with Crippen LogP contribution in [0, 0.1) is 0 Å². The number of Topliss-reactive ketones (excluding diaryl/α,β-unsaturated/α-hetero) is 1. The number of para-hydroxylation sites is 2. The first-order valence-corrected chi connectivity index (χ1v) is 12.8. The largest absolute Gasteiger partial charge is 0.492 e. The van der Waals surface area contributed by atoms with Gasteiger partial charge in [0.2, 0.25) is 0 Å². The fourth-order valence-corrected chi connectivity index (χ4v) is 5.68. The maximum Gasteiger partial charge on any atom is 0.174 e. The van der Waals surface area contributed by atoms with Gasteiger partial charge in [-0.05, 0) is 82.7 Å². The van der Waals surface area contributed by atoms with Gasteiger partial charge in [-0.2, -0.15) is 0 Å². The number of rotatable bonds is 5. The van der Waals surface area contributed by atoms with E-state index >= 15 is 0 Å². The summed E-state index contributed by atoms with van der Waals surface area (Å²) in [6.45, 7) is 2.44. The van der Waals surface area contributed by atoms with E-state index in [1.54, 1.807) is 7.11 Å². The number of ether oxygens (including phenoxy) is 2. The van der Waals surface area contributed by atoms with E-state index in [4.69, 9.17) is 21.1 Å². The van der Waals surface area contributed by atoms with E-state index in [9.17, 15) is 4.79 Å². The minimum atomic E-state index is -0.346. The fourth-order valence-electron chi connectivity index (χ4n) is 4.93. The molecule has 0 fully saturated rings. The van der Waals surface area contributed by atoms with E-state index in [0.717, 1.165) is 44.7 Å². The van der Waals surface area contributed by atoms with Crippen LogP contribution in [0.1, 0.15) is 42.9 Å². The predicted molar refractivity (Wildman–Crippen MR) is 144 cm³/mol. The van der Waals surface area contributed by atoms with Crippen LogP contribution in [0.4, 0.5) is 11.4 Å². The van der Waals surface area contributed by atoms with Crippen molar-refractivity contribution in [3.05, 3.63) is 92.6 Å². The summed E-state index contributed by atoms with van der Waals surface area (Å²) in [7, 11) is 1.62. The molecule has 0 saturated carbocycles. The molecular weight excluding hydrogens is 528 g/mol. The highest BCUT2D eigenvalue weighted by molar-refractivity contribution is 9.10.